The monoisotopic (exact) mass is 624 g/mol. The summed E-state index contributed by atoms with van der Waals surface area (Å²) in [5.74, 6) is -0.769. The molecule has 0 saturated carbocycles. The number of nitriles is 1. The maximum atomic E-state index is 14.7. The van der Waals surface area contributed by atoms with Crippen molar-refractivity contribution in [3.8, 4) is 22.9 Å². The molecule has 2 aliphatic heterocycles. The highest BCUT2D eigenvalue weighted by Crippen LogP contribution is 2.34. The van der Waals surface area contributed by atoms with Crippen LogP contribution in [0.25, 0.3) is 11.1 Å². The first-order chi connectivity index (χ1) is 19.3. The van der Waals surface area contributed by atoms with Crippen LogP contribution >= 0.6 is 24.8 Å². The van der Waals surface area contributed by atoms with Gasteiger partial charge in [0.15, 0.2) is 0 Å². The van der Waals surface area contributed by atoms with Gasteiger partial charge in [-0.15, -0.1) is 38.0 Å². The normalized spacial score (nSPS) is 19.7. The van der Waals surface area contributed by atoms with Crippen LogP contribution in [0.5, 0.6) is 5.75 Å². The van der Waals surface area contributed by atoms with Gasteiger partial charge < -0.3 is 15.4 Å². The highest BCUT2D eigenvalue weighted by molar-refractivity contribution is 5.85. The van der Waals surface area contributed by atoms with Crippen molar-refractivity contribution < 1.29 is 22.3 Å². The van der Waals surface area contributed by atoms with Crippen molar-refractivity contribution in [2.45, 2.75) is 50.2 Å². The molecule has 11 heteroatoms. The quantitative estimate of drug-likeness (QED) is 0.283. The number of piperidine rings is 2. The predicted molar refractivity (Wildman–Crippen MR) is 160 cm³/mol. The third kappa shape index (κ3) is 8.36. The Morgan fingerprint density at radius 1 is 0.976 bits per heavy atom. The molecular formula is C31H34Cl2F4N4O. The second kappa shape index (κ2) is 15.0. The van der Waals surface area contributed by atoms with Crippen molar-refractivity contribution >= 4 is 24.8 Å². The number of alkyl halides is 3. The van der Waals surface area contributed by atoms with E-state index < -0.39 is 12.2 Å². The van der Waals surface area contributed by atoms with Crippen molar-refractivity contribution in [2.75, 3.05) is 26.2 Å². The Morgan fingerprint density at radius 2 is 1.71 bits per heavy atom. The van der Waals surface area contributed by atoms with Crippen LogP contribution in [0, 0.1) is 17.1 Å². The largest absolute Gasteiger partial charge is 0.573 e. The Kier molecular flexibility index (Phi) is 12.0. The molecule has 2 atom stereocenters. The van der Waals surface area contributed by atoms with Crippen molar-refractivity contribution in [2.24, 2.45) is 0 Å². The first kappa shape index (κ1) is 33.6. The van der Waals surface area contributed by atoms with Gasteiger partial charge in [0.2, 0.25) is 0 Å². The number of nitrogens with one attached hydrogen (secondary N) is 2. The molecule has 2 N–H and O–H groups in total. The SMILES string of the molecule is Cl.Cl.N#Cc1ccc(-c2ccc(OC(F)(F)F)c(CN[C@H]3CCN(C4CCNCC4)C[C@H]3c3ccccc3)c2)c(F)c1. The summed E-state index contributed by atoms with van der Waals surface area (Å²) in [5, 5.41) is 16.0. The van der Waals surface area contributed by atoms with Gasteiger partial charge in [0, 0.05) is 42.2 Å². The fourth-order valence-electron chi connectivity index (χ4n) is 5.93. The molecule has 0 bridgehead atoms. The van der Waals surface area contributed by atoms with Gasteiger partial charge in [-0.1, -0.05) is 42.5 Å². The Bertz CT molecular complexity index is 1350. The minimum absolute atomic E-state index is 0. The molecule has 5 nitrogen and oxygen atoms in total. The van der Waals surface area contributed by atoms with Crippen molar-refractivity contribution in [3.63, 3.8) is 0 Å². The van der Waals surface area contributed by atoms with Gasteiger partial charge in [0.05, 0.1) is 11.6 Å². The van der Waals surface area contributed by atoms with E-state index in [1.54, 1.807) is 0 Å². The molecule has 226 valence electrons. The van der Waals surface area contributed by atoms with Crippen molar-refractivity contribution in [1.82, 2.24) is 15.5 Å². The number of likely N-dealkylation sites (tertiary alicyclic amines) is 1. The van der Waals surface area contributed by atoms with Crippen molar-refractivity contribution in [3.05, 3.63) is 89.2 Å². The molecule has 42 heavy (non-hydrogen) atoms. The molecule has 2 saturated heterocycles. The van der Waals surface area contributed by atoms with E-state index in [0.717, 1.165) is 51.5 Å². The van der Waals surface area contributed by atoms with Crippen LogP contribution in [0.3, 0.4) is 0 Å². The molecular weight excluding hydrogens is 591 g/mol. The number of nitrogens with zero attached hydrogens (tertiary/aromatic N) is 2. The summed E-state index contributed by atoms with van der Waals surface area (Å²) in [6, 6.07) is 20.9. The van der Waals surface area contributed by atoms with E-state index in [4.69, 9.17) is 5.26 Å². The van der Waals surface area contributed by atoms with E-state index in [0.29, 0.717) is 11.6 Å². The second-order valence-corrected chi connectivity index (χ2v) is 10.4. The fourth-order valence-corrected chi connectivity index (χ4v) is 5.93. The molecule has 0 aliphatic carbocycles. The van der Waals surface area contributed by atoms with E-state index in [1.165, 1.54) is 35.9 Å². The molecule has 3 aromatic carbocycles. The lowest BCUT2D eigenvalue weighted by Gasteiger charge is -2.44. The van der Waals surface area contributed by atoms with Crippen LogP contribution in [0.15, 0.2) is 66.7 Å². The summed E-state index contributed by atoms with van der Waals surface area (Å²) in [4.78, 5) is 2.56. The minimum Gasteiger partial charge on any atom is -0.405 e. The number of hydrogen-bond donors (Lipinski definition) is 2. The predicted octanol–water partition coefficient (Wildman–Crippen LogP) is 6.81. The molecule has 2 aliphatic rings. The smallest absolute Gasteiger partial charge is 0.405 e. The number of benzene rings is 3. The Morgan fingerprint density at radius 3 is 2.38 bits per heavy atom. The zero-order chi connectivity index (χ0) is 28.1. The number of ether oxygens (including phenoxy) is 1. The Labute approximate surface area is 256 Å². The molecule has 2 heterocycles. The van der Waals surface area contributed by atoms with Crippen LogP contribution in [0.4, 0.5) is 17.6 Å². The van der Waals surface area contributed by atoms with Gasteiger partial charge in [-0.2, -0.15) is 5.26 Å². The Hall–Kier alpha value is -2.87. The van der Waals surface area contributed by atoms with Crippen LogP contribution in [0.2, 0.25) is 0 Å². The number of rotatable bonds is 7. The summed E-state index contributed by atoms with van der Waals surface area (Å²) in [6.07, 6.45) is -1.79. The highest BCUT2D eigenvalue weighted by atomic mass is 35.5. The summed E-state index contributed by atoms with van der Waals surface area (Å²) >= 11 is 0. The molecule has 0 spiro atoms. The summed E-state index contributed by atoms with van der Waals surface area (Å²) in [7, 11) is 0. The van der Waals surface area contributed by atoms with Crippen LogP contribution < -0.4 is 15.4 Å². The summed E-state index contributed by atoms with van der Waals surface area (Å²) < 4.78 is 58.8. The lowest BCUT2D eigenvalue weighted by molar-refractivity contribution is -0.274. The standard InChI is InChI=1S/C31H32F4N4O.2ClH/c32-28-16-21(18-36)6-8-26(28)23-7-9-30(40-31(33,34)35)24(17-23)19-38-29-12-15-39(25-10-13-37-14-11-25)20-27(29)22-4-2-1-3-5-22;;/h1-9,16-17,25,27,29,37-38H,10-15,19-20H2;2*1H/t27-,29-;;/m0../s1. The summed E-state index contributed by atoms with van der Waals surface area (Å²) in [6.45, 7) is 3.93. The maximum Gasteiger partial charge on any atom is 0.573 e. The molecule has 2 fully saturated rings. The molecule has 3 aromatic rings. The van der Waals surface area contributed by atoms with Gasteiger partial charge in [-0.3, -0.25) is 4.90 Å². The third-order valence-electron chi connectivity index (χ3n) is 7.95. The van der Waals surface area contributed by atoms with Gasteiger partial charge in [0.1, 0.15) is 11.6 Å². The van der Waals surface area contributed by atoms with E-state index in [9.17, 15) is 17.6 Å². The van der Waals surface area contributed by atoms with Crippen molar-refractivity contribution in [1.29, 1.82) is 5.26 Å². The highest BCUT2D eigenvalue weighted by Gasteiger charge is 2.35. The van der Waals surface area contributed by atoms with Gasteiger partial charge in [-0.05, 0) is 74.3 Å². The zero-order valence-corrected chi connectivity index (χ0v) is 24.5. The van der Waals surface area contributed by atoms with E-state index in [-0.39, 0.29) is 65.8 Å². The maximum absolute atomic E-state index is 14.7. The van der Waals surface area contributed by atoms with E-state index in [1.807, 2.05) is 24.3 Å². The lowest BCUT2D eigenvalue weighted by Crippen LogP contribution is -2.53. The summed E-state index contributed by atoms with van der Waals surface area (Å²) in [5.41, 5.74) is 2.26. The van der Waals surface area contributed by atoms with E-state index in [2.05, 4.69) is 32.4 Å². The molecule has 5 rings (SSSR count). The van der Waals surface area contributed by atoms with Crippen LogP contribution in [0.1, 0.15) is 41.9 Å². The molecule has 0 unspecified atom stereocenters. The second-order valence-electron chi connectivity index (χ2n) is 10.4. The number of hydrogen-bond acceptors (Lipinski definition) is 5. The van der Waals surface area contributed by atoms with Gasteiger partial charge >= 0.3 is 6.36 Å². The van der Waals surface area contributed by atoms with Gasteiger partial charge in [-0.25, -0.2) is 4.39 Å². The molecule has 0 amide bonds. The van der Waals surface area contributed by atoms with Gasteiger partial charge in [0.25, 0.3) is 0 Å². The van der Waals surface area contributed by atoms with Crippen LogP contribution in [-0.4, -0.2) is 49.5 Å². The molecule has 0 aromatic heterocycles. The first-order valence-corrected chi connectivity index (χ1v) is 13.6. The fraction of sp³-hybridized carbons (Fsp3) is 0.387. The van der Waals surface area contributed by atoms with E-state index >= 15 is 0 Å². The topological polar surface area (TPSA) is 60.3 Å². The lowest BCUT2D eigenvalue weighted by atomic mass is 9.84. The minimum atomic E-state index is -4.86. The van der Waals surface area contributed by atoms with Crippen LogP contribution in [-0.2, 0) is 6.54 Å². The Balaban J connectivity index is 0.00000242. The first-order valence-electron chi connectivity index (χ1n) is 13.6. The third-order valence-corrected chi connectivity index (χ3v) is 7.95. The average Bonchev–Trinajstić information content (AvgIpc) is 2.97. The average molecular weight is 626 g/mol. The zero-order valence-electron chi connectivity index (χ0n) is 22.9. The number of halogens is 6. The molecule has 0 radical (unpaired) electrons.